The van der Waals surface area contributed by atoms with Gasteiger partial charge in [-0.25, -0.2) is 0 Å². The minimum absolute atomic E-state index is 0.483. The van der Waals surface area contributed by atoms with E-state index in [-0.39, 0.29) is 0 Å². The van der Waals surface area contributed by atoms with Gasteiger partial charge in [-0.1, -0.05) is 18.2 Å². The van der Waals surface area contributed by atoms with E-state index >= 15 is 0 Å². The first-order valence-corrected chi connectivity index (χ1v) is 8.93. The molecule has 0 unspecified atom stereocenters. The number of hydrogen-bond donors (Lipinski definition) is 0. The molecule has 130 valence electrons. The van der Waals surface area contributed by atoms with E-state index in [1.165, 1.54) is 0 Å². The largest absolute Gasteiger partial charge is 0.497 e. The Hall–Kier alpha value is -3.12. The molecule has 6 heteroatoms. The van der Waals surface area contributed by atoms with Crippen molar-refractivity contribution in [3.05, 3.63) is 71.6 Å². The van der Waals surface area contributed by atoms with Crippen LogP contribution in [0.15, 0.2) is 70.5 Å². The van der Waals surface area contributed by atoms with E-state index in [1.54, 1.807) is 18.4 Å². The van der Waals surface area contributed by atoms with E-state index in [0.717, 1.165) is 27.5 Å². The van der Waals surface area contributed by atoms with Crippen LogP contribution in [0.2, 0.25) is 0 Å². The summed E-state index contributed by atoms with van der Waals surface area (Å²) in [6.45, 7) is 0.483. The number of rotatable bonds is 6. The molecular weight excluding hydrogens is 348 g/mol. The Morgan fingerprint density at radius 3 is 2.31 bits per heavy atom. The summed E-state index contributed by atoms with van der Waals surface area (Å²) >= 11 is 1.57. The number of hydrogen-bond acceptors (Lipinski definition) is 6. The second-order valence-corrected chi connectivity index (χ2v) is 6.50. The molecule has 0 aliphatic carbocycles. The van der Waals surface area contributed by atoms with E-state index in [2.05, 4.69) is 10.2 Å². The summed E-state index contributed by atoms with van der Waals surface area (Å²) in [6, 6.07) is 19.3. The van der Waals surface area contributed by atoms with Gasteiger partial charge in [0.25, 0.3) is 5.89 Å². The van der Waals surface area contributed by atoms with E-state index < -0.39 is 0 Å². The molecule has 2 heterocycles. The van der Waals surface area contributed by atoms with E-state index in [1.807, 2.05) is 66.0 Å². The van der Waals surface area contributed by atoms with Crippen LogP contribution in [0.4, 0.5) is 0 Å². The van der Waals surface area contributed by atoms with Crippen molar-refractivity contribution in [1.82, 2.24) is 10.2 Å². The zero-order chi connectivity index (χ0) is 17.8. The summed E-state index contributed by atoms with van der Waals surface area (Å²) in [5.41, 5.74) is 1.94. The molecule has 0 aliphatic heterocycles. The van der Waals surface area contributed by atoms with E-state index in [0.29, 0.717) is 18.4 Å². The molecule has 0 N–H and O–H groups in total. The molecule has 26 heavy (non-hydrogen) atoms. The highest BCUT2D eigenvalue weighted by Gasteiger charge is 2.11. The Morgan fingerprint density at radius 2 is 1.62 bits per heavy atom. The first kappa shape index (κ1) is 16.4. The van der Waals surface area contributed by atoms with Gasteiger partial charge in [-0.05, 0) is 53.4 Å². The van der Waals surface area contributed by atoms with Crippen LogP contribution in [0.5, 0.6) is 11.5 Å². The second-order valence-electron chi connectivity index (χ2n) is 5.55. The average molecular weight is 364 g/mol. The van der Waals surface area contributed by atoms with Gasteiger partial charge in [-0.2, -0.15) is 0 Å². The maximum atomic E-state index is 5.78. The molecule has 0 fully saturated rings. The van der Waals surface area contributed by atoms with Crippen molar-refractivity contribution in [3.63, 3.8) is 0 Å². The summed E-state index contributed by atoms with van der Waals surface area (Å²) in [6.07, 6.45) is 0. The molecule has 0 saturated carbocycles. The maximum Gasteiger partial charge on any atom is 0.258 e. The quantitative estimate of drug-likeness (QED) is 0.479. The van der Waals surface area contributed by atoms with Gasteiger partial charge in [0, 0.05) is 5.56 Å². The van der Waals surface area contributed by atoms with Crippen molar-refractivity contribution in [1.29, 1.82) is 0 Å². The Kier molecular flexibility index (Phi) is 4.66. The molecular formula is C20H16N2O3S. The molecule has 4 aromatic rings. The molecule has 0 atom stereocenters. The predicted octanol–water partition coefficient (Wildman–Crippen LogP) is 5.05. The van der Waals surface area contributed by atoms with Gasteiger partial charge in [0.1, 0.15) is 18.1 Å². The Balaban J connectivity index is 1.41. The van der Waals surface area contributed by atoms with Gasteiger partial charge in [-0.15, -0.1) is 21.5 Å². The van der Waals surface area contributed by atoms with Crippen molar-refractivity contribution in [3.8, 4) is 33.7 Å². The fraction of sp³-hybridized carbons (Fsp3) is 0.100. The fourth-order valence-electron chi connectivity index (χ4n) is 2.42. The standard InChI is InChI=1S/C20H16N2O3S/c1-23-16-8-10-17(11-9-16)24-13-14-4-6-15(7-5-14)19-21-22-20(25-19)18-3-2-12-26-18/h2-12H,13H2,1H3. The zero-order valence-electron chi connectivity index (χ0n) is 14.1. The van der Waals surface area contributed by atoms with Gasteiger partial charge in [0.05, 0.1) is 12.0 Å². The lowest BCUT2D eigenvalue weighted by atomic mass is 10.1. The highest BCUT2D eigenvalue weighted by Crippen LogP contribution is 2.27. The zero-order valence-corrected chi connectivity index (χ0v) is 14.9. The Morgan fingerprint density at radius 1 is 0.885 bits per heavy atom. The molecule has 0 saturated heterocycles. The second kappa shape index (κ2) is 7.41. The van der Waals surface area contributed by atoms with Gasteiger partial charge < -0.3 is 13.9 Å². The summed E-state index contributed by atoms with van der Waals surface area (Å²) in [4.78, 5) is 0.966. The lowest BCUT2D eigenvalue weighted by molar-refractivity contribution is 0.305. The molecule has 2 aromatic carbocycles. The summed E-state index contributed by atoms with van der Waals surface area (Å²) in [7, 11) is 1.64. The van der Waals surface area contributed by atoms with Crippen molar-refractivity contribution >= 4 is 11.3 Å². The van der Waals surface area contributed by atoms with Crippen LogP contribution in [0.3, 0.4) is 0 Å². The number of nitrogens with zero attached hydrogens (tertiary/aromatic N) is 2. The van der Waals surface area contributed by atoms with E-state index in [4.69, 9.17) is 13.9 Å². The monoisotopic (exact) mass is 364 g/mol. The Bertz CT molecular complexity index is 961. The lowest BCUT2D eigenvalue weighted by Crippen LogP contribution is -1.95. The molecule has 4 rings (SSSR count). The first-order valence-electron chi connectivity index (χ1n) is 8.05. The smallest absolute Gasteiger partial charge is 0.258 e. The highest BCUT2D eigenvalue weighted by atomic mass is 32.1. The maximum absolute atomic E-state index is 5.78. The van der Waals surface area contributed by atoms with Crippen molar-refractivity contribution in [2.45, 2.75) is 6.61 Å². The summed E-state index contributed by atoms with van der Waals surface area (Å²) in [5, 5.41) is 10.2. The van der Waals surface area contributed by atoms with Crippen LogP contribution < -0.4 is 9.47 Å². The molecule has 0 amide bonds. The third-order valence-electron chi connectivity index (χ3n) is 3.82. The number of benzene rings is 2. The lowest BCUT2D eigenvalue weighted by Gasteiger charge is -2.07. The minimum Gasteiger partial charge on any atom is -0.497 e. The number of ether oxygens (including phenoxy) is 2. The number of methoxy groups -OCH3 is 1. The highest BCUT2D eigenvalue weighted by molar-refractivity contribution is 7.13. The average Bonchev–Trinajstić information content (AvgIpc) is 3.39. The summed E-state index contributed by atoms with van der Waals surface area (Å²) < 4.78 is 16.7. The first-order chi connectivity index (χ1) is 12.8. The normalized spacial score (nSPS) is 10.7. The van der Waals surface area contributed by atoms with Crippen LogP contribution in [-0.4, -0.2) is 17.3 Å². The summed E-state index contributed by atoms with van der Waals surface area (Å²) in [5.74, 6) is 2.66. The van der Waals surface area contributed by atoms with Gasteiger partial charge >= 0.3 is 0 Å². The van der Waals surface area contributed by atoms with Crippen LogP contribution in [-0.2, 0) is 6.61 Å². The predicted molar refractivity (Wildman–Crippen MR) is 100 cm³/mol. The fourth-order valence-corrected chi connectivity index (χ4v) is 3.07. The van der Waals surface area contributed by atoms with Crippen molar-refractivity contribution < 1.29 is 13.9 Å². The molecule has 0 bridgehead atoms. The van der Waals surface area contributed by atoms with Crippen molar-refractivity contribution in [2.24, 2.45) is 0 Å². The SMILES string of the molecule is COc1ccc(OCc2ccc(-c3nnc(-c4cccs4)o3)cc2)cc1. The van der Waals surface area contributed by atoms with Crippen LogP contribution in [0.1, 0.15) is 5.56 Å². The van der Waals surface area contributed by atoms with Crippen LogP contribution >= 0.6 is 11.3 Å². The number of thiophene rings is 1. The van der Waals surface area contributed by atoms with E-state index in [9.17, 15) is 0 Å². The topological polar surface area (TPSA) is 57.4 Å². The Labute approximate surface area is 154 Å². The van der Waals surface area contributed by atoms with Gasteiger partial charge in [0.15, 0.2) is 0 Å². The van der Waals surface area contributed by atoms with Gasteiger partial charge in [-0.3, -0.25) is 0 Å². The molecule has 0 spiro atoms. The number of aromatic nitrogens is 2. The van der Waals surface area contributed by atoms with Crippen LogP contribution in [0, 0.1) is 0 Å². The molecule has 2 aromatic heterocycles. The minimum atomic E-state index is 0.483. The van der Waals surface area contributed by atoms with Crippen LogP contribution in [0.25, 0.3) is 22.2 Å². The molecule has 5 nitrogen and oxygen atoms in total. The van der Waals surface area contributed by atoms with Crippen molar-refractivity contribution in [2.75, 3.05) is 7.11 Å². The third kappa shape index (κ3) is 3.60. The molecule has 0 radical (unpaired) electrons. The van der Waals surface area contributed by atoms with Gasteiger partial charge in [0.2, 0.25) is 5.89 Å². The molecule has 0 aliphatic rings. The third-order valence-corrected chi connectivity index (χ3v) is 4.68.